The lowest BCUT2D eigenvalue weighted by atomic mass is 10.0. The zero-order valence-electron chi connectivity index (χ0n) is 16.0. The van der Waals surface area contributed by atoms with Crippen LogP contribution in [0.4, 0.5) is 10.1 Å². The Labute approximate surface area is 164 Å². The van der Waals surface area contributed by atoms with Gasteiger partial charge >= 0.3 is 0 Å². The van der Waals surface area contributed by atoms with Gasteiger partial charge in [0.1, 0.15) is 11.6 Å². The Morgan fingerprint density at radius 3 is 2.96 bits per heavy atom. The molecule has 4 rings (SSSR count). The molecule has 1 aliphatic rings. The number of hydrogen-bond donors (Lipinski definition) is 2. The number of halogens is 1. The van der Waals surface area contributed by atoms with Gasteiger partial charge in [-0.25, -0.2) is 9.37 Å². The van der Waals surface area contributed by atoms with E-state index in [1.165, 1.54) is 6.07 Å². The van der Waals surface area contributed by atoms with E-state index in [2.05, 4.69) is 27.1 Å². The molecule has 0 radical (unpaired) electrons. The molecule has 0 bridgehead atoms. The van der Waals surface area contributed by atoms with Gasteiger partial charge in [-0.3, -0.25) is 9.69 Å². The summed E-state index contributed by atoms with van der Waals surface area (Å²) in [6, 6.07) is 12.3. The summed E-state index contributed by atoms with van der Waals surface area (Å²) >= 11 is 0. The Kier molecular flexibility index (Phi) is 5.39. The lowest BCUT2D eigenvalue weighted by Crippen LogP contribution is -2.46. The van der Waals surface area contributed by atoms with E-state index in [1.54, 1.807) is 12.1 Å². The van der Waals surface area contributed by atoms with E-state index in [1.807, 2.05) is 24.3 Å². The average molecular weight is 380 g/mol. The lowest BCUT2D eigenvalue weighted by molar-refractivity contribution is -0.122. The highest BCUT2D eigenvalue weighted by molar-refractivity contribution is 5.96. The van der Waals surface area contributed by atoms with E-state index in [0.29, 0.717) is 17.8 Å². The molecule has 1 aliphatic heterocycles. The summed E-state index contributed by atoms with van der Waals surface area (Å²) in [6.45, 7) is 3.96. The number of H-pyrrole nitrogens is 1. The van der Waals surface area contributed by atoms with Gasteiger partial charge < -0.3 is 10.3 Å². The number of aromatic nitrogens is 2. The highest BCUT2D eigenvalue weighted by Crippen LogP contribution is 2.22. The van der Waals surface area contributed by atoms with Crippen LogP contribution < -0.4 is 5.32 Å². The summed E-state index contributed by atoms with van der Waals surface area (Å²) in [4.78, 5) is 22.8. The number of anilines is 1. The summed E-state index contributed by atoms with van der Waals surface area (Å²) in [5, 5.41) is 3.05. The Hall–Kier alpha value is -2.73. The van der Waals surface area contributed by atoms with Crippen molar-refractivity contribution >= 4 is 22.6 Å². The maximum atomic E-state index is 13.9. The minimum absolute atomic E-state index is 0.0481. The number of carbonyl (C=O) groups is 1. The number of fused-ring (bicyclic) bond motifs is 1. The number of likely N-dealkylation sites (tertiary alicyclic amines) is 1. The standard InChI is InChI=1S/C22H25FN4O/c1-2-27-12-6-5-9-20(27)22(28)24-16-10-11-18-19(14-16)26-21(25-18)13-15-7-3-4-8-17(15)23/h3-4,7-8,10-11,14,20H,2,5-6,9,12-13H2,1H3,(H,24,28)(H,25,26). The molecule has 0 saturated carbocycles. The predicted octanol–water partition coefficient (Wildman–Crippen LogP) is 4.11. The lowest BCUT2D eigenvalue weighted by Gasteiger charge is -2.33. The Morgan fingerprint density at radius 2 is 2.14 bits per heavy atom. The van der Waals surface area contributed by atoms with E-state index < -0.39 is 0 Å². The second-order valence-corrected chi connectivity index (χ2v) is 7.31. The predicted molar refractivity (Wildman–Crippen MR) is 109 cm³/mol. The van der Waals surface area contributed by atoms with Crippen molar-refractivity contribution in [2.24, 2.45) is 0 Å². The van der Waals surface area contributed by atoms with E-state index in [0.717, 1.165) is 49.1 Å². The van der Waals surface area contributed by atoms with Gasteiger partial charge in [-0.15, -0.1) is 0 Å². The van der Waals surface area contributed by atoms with Crippen LogP contribution in [0.25, 0.3) is 11.0 Å². The maximum absolute atomic E-state index is 13.9. The number of rotatable bonds is 5. The van der Waals surface area contributed by atoms with Gasteiger partial charge in [-0.1, -0.05) is 31.5 Å². The minimum Gasteiger partial charge on any atom is -0.342 e. The van der Waals surface area contributed by atoms with Gasteiger partial charge in [0.2, 0.25) is 5.91 Å². The van der Waals surface area contributed by atoms with Crippen LogP contribution in [0.5, 0.6) is 0 Å². The van der Waals surface area contributed by atoms with E-state index in [9.17, 15) is 9.18 Å². The molecule has 0 spiro atoms. The number of benzene rings is 2. The van der Waals surface area contributed by atoms with E-state index in [4.69, 9.17) is 0 Å². The van der Waals surface area contributed by atoms with Crippen molar-refractivity contribution in [1.29, 1.82) is 0 Å². The van der Waals surface area contributed by atoms with Crippen molar-refractivity contribution in [1.82, 2.24) is 14.9 Å². The number of aromatic amines is 1. The monoisotopic (exact) mass is 380 g/mol. The van der Waals surface area contributed by atoms with E-state index in [-0.39, 0.29) is 17.8 Å². The molecule has 2 aromatic carbocycles. The van der Waals surface area contributed by atoms with Crippen molar-refractivity contribution in [3.8, 4) is 0 Å². The molecule has 2 heterocycles. The van der Waals surface area contributed by atoms with Crippen LogP contribution in [0.2, 0.25) is 0 Å². The van der Waals surface area contributed by atoms with Crippen LogP contribution in [0.15, 0.2) is 42.5 Å². The van der Waals surface area contributed by atoms with Gasteiger partial charge in [0.25, 0.3) is 0 Å². The third-order valence-corrected chi connectivity index (χ3v) is 5.44. The molecular weight excluding hydrogens is 355 g/mol. The first-order valence-corrected chi connectivity index (χ1v) is 9.91. The SMILES string of the molecule is CCN1CCCCC1C(=O)Nc1ccc2nc(Cc3ccccc3F)[nH]c2c1. The Balaban J connectivity index is 1.50. The zero-order valence-corrected chi connectivity index (χ0v) is 16.0. The van der Waals surface area contributed by atoms with Crippen molar-refractivity contribution in [3.63, 3.8) is 0 Å². The number of likely N-dealkylation sites (N-methyl/N-ethyl adjacent to an activating group) is 1. The summed E-state index contributed by atoms with van der Waals surface area (Å²) in [6.07, 6.45) is 3.55. The summed E-state index contributed by atoms with van der Waals surface area (Å²) in [5.41, 5.74) is 2.99. The van der Waals surface area contributed by atoms with Crippen LogP contribution in [-0.2, 0) is 11.2 Å². The third kappa shape index (κ3) is 3.92. The third-order valence-electron chi connectivity index (χ3n) is 5.44. The molecule has 1 fully saturated rings. The molecule has 2 N–H and O–H groups in total. The summed E-state index contributed by atoms with van der Waals surface area (Å²) in [5.74, 6) is 0.517. The first-order chi connectivity index (χ1) is 13.6. The van der Waals surface area contributed by atoms with Crippen LogP contribution in [0, 0.1) is 5.82 Å². The molecule has 6 heteroatoms. The molecule has 1 saturated heterocycles. The van der Waals surface area contributed by atoms with Gasteiger partial charge in [0, 0.05) is 12.1 Å². The second-order valence-electron chi connectivity index (χ2n) is 7.31. The molecule has 0 aliphatic carbocycles. The van der Waals surface area contributed by atoms with Crippen molar-refractivity contribution in [3.05, 3.63) is 59.7 Å². The second kappa shape index (κ2) is 8.10. The van der Waals surface area contributed by atoms with Crippen LogP contribution in [0.3, 0.4) is 0 Å². The summed E-state index contributed by atoms with van der Waals surface area (Å²) in [7, 11) is 0. The van der Waals surface area contributed by atoms with Crippen LogP contribution >= 0.6 is 0 Å². The normalized spacial score (nSPS) is 17.7. The topological polar surface area (TPSA) is 61.0 Å². The molecule has 1 unspecified atom stereocenters. The fourth-order valence-electron chi connectivity index (χ4n) is 3.94. The number of piperidine rings is 1. The van der Waals surface area contributed by atoms with Crippen molar-refractivity contribution in [2.75, 3.05) is 18.4 Å². The van der Waals surface area contributed by atoms with Gasteiger partial charge in [0.05, 0.1) is 17.1 Å². The number of carbonyl (C=O) groups excluding carboxylic acids is 1. The Morgan fingerprint density at radius 1 is 1.29 bits per heavy atom. The molecule has 1 atom stereocenters. The van der Waals surface area contributed by atoms with E-state index >= 15 is 0 Å². The maximum Gasteiger partial charge on any atom is 0.241 e. The largest absolute Gasteiger partial charge is 0.342 e. The molecular formula is C22H25FN4O. The average Bonchev–Trinajstić information content (AvgIpc) is 3.11. The number of hydrogen-bond acceptors (Lipinski definition) is 3. The molecule has 5 nitrogen and oxygen atoms in total. The Bertz CT molecular complexity index is 984. The minimum atomic E-state index is -0.233. The fraction of sp³-hybridized carbons (Fsp3) is 0.364. The van der Waals surface area contributed by atoms with Gasteiger partial charge in [-0.05, 0) is 55.8 Å². The smallest absolute Gasteiger partial charge is 0.241 e. The number of imidazole rings is 1. The fourth-order valence-corrected chi connectivity index (χ4v) is 3.94. The molecule has 146 valence electrons. The highest BCUT2D eigenvalue weighted by atomic mass is 19.1. The van der Waals surface area contributed by atoms with Crippen LogP contribution in [-0.4, -0.2) is 39.9 Å². The van der Waals surface area contributed by atoms with Crippen LogP contribution in [0.1, 0.15) is 37.6 Å². The number of nitrogens with one attached hydrogen (secondary N) is 2. The van der Waals surface area contributed by atoms with Gasteiger partial charge in [-0.2, -0.15) is 0 Å². The van der Waals surface area contributed by atoms with Crippen molar-refractivity contribution < 1.29 is 9.18 Å². The van der Waals surface area contributed by atoms with Crippen molar-refractivity contribution in [2.45, 2.75) is 38.6 Å². The highest BCUT2D eigenvalue weighted by Gasteiger charge is 2.27. The first-order valence-electron chi connectivity index (χ1n) is 9.91. The molecule has 1 aromatic heterocycles. The molecule has 28 heavy (non-hydrogen) atoms. The summed E-state index contributed by atoms with van der Waals surface area (Å²) < 4.78 is 13.9. The number of nitrogens with zero attached hydrogens (tertiary/aromatic N) is 2. The van der Waals surface area contributed by atoms with Gasteiger partial charge in [0.15, 0.2) is 0 Å². The quantitative estimate of drug-likeness (QED) is 0.700. The molecule has 3 aromatic rings. The zero-order chi connectivity index (χ0) is 19.5. The molecule has 1 amide bonds. The first kappa shape index (κ1) is 18.6. The number of amides is 1.